The molecule has 0 saturated carbocycles. The van der Waals surface area contributed by atoms with Gasteiger partial charge in [0.15, 0.2) is 0 Å². The maximum atomic E-state index is 5.71. The van der Waals surface area contributed by atoms with Gasteiger partial charge in [0, 0.05) is 5.75 Å². The molecule has 5 heteroatoms. The van der Waals surface area contributed by atoms with Gasteiger partial charge in [0.1, 0.15) is 5.03 Å². The van der Waals surface area contributed by atoms with Crippen LogP contribution in [0, 0.1) is 0 Å². The van der Waals surface area contributed by atoms with Gasteiger partial charge in [-0.3, -0.25) is 0 Å². The SMILES string of the molecule is c1ccc(COCCn2nncc2SCc2ccccc2)cc1. The third-order valence-electron chi connectivity index (χ3n) is 3.37. The van der Waals surface area contributed by atoms with Gasteiger partial charge in [0.25, 0.3) is 0 Å². The molecule has 0 N–H and O–H groups in total. The van der Waals surface area contributed by atoms with Crippen LogP contribution < -0.4 is 0 Å². The highest BCUT2D eigenvalue weighted by Gasteiger charge is 2.05. The van der Waals surface area contributed by atoms with Crippen LogP contribution >= 0.6 is 11.8 Å². The summed E-state index contributed by atoms with van der Waals surface area (Å²) in [7, 11) is 0. The quantitative estimate of drug-likeness (QED) is 0.467. The van der Waals surface area contributed by atoms with E-state index in [0.29, 0.717) is 19.8 Å². The predicted molar refractivity (Wildman–Crippen MR) is 92.1 cm³/mol. The van der Waals surface area contributed by atoms with Gasteiger partial charge in [-0.25, -0.2) is 4.68 Å². The second kappa shape index (κ2) is 8.50. The minimum absolute atomic E-state index is 0.622. The average Bonchev–Trinajstić information content (AvgIpc) is 3.06. The lowest BCUT2D eigenvalue weighted by Gasteiger charge is -2.07. The molecule has 3 aromatic rings. The van der Waals surface area contributed by atoms with E-state index in [1.54, 1.807) is 11.8 Å². The van der Waals surface area contributed by atoms with Gasteiger partial charge in [0.05, 0.1) is 26.0 Å². The van der Waals surface area contributed by atoms with Gasteiger partial charge in [-0.2, -0.15) is 0 Å². The Hall–Kier alpha value is -2.11. The van der Waals surface area contributed by atoms with E-state index < -0.39 is 0 Å². The van der Waals surface area contributed by atoms with E-state index in [-0.39, 0.29) is 0 Å². The lowest BCUT2D eigenvalue weighted by molar-refractivity contribution is 0.108. The van der Waals surface area contributed by atoms with Gasteiger partial charge in [-0.15, -0.1) is 16.9 Å². The van der Waals surface area contributed by atoms with Crippen LogP contribution in [-0.4, -0.2) is 21.6 Å². The van der Waals surface area contributed by atoms with Gasteiger partial charge < -0.3 is 4.74 Å². The molecule has 0 radical (unpaired) electrons. The molecule has 1 heterocycles. The summed E-state index contributed by atoms with van der Waals surface area (Å²) in [5.41, 5.74) is 2.48. The smallest absolute Gasteiger partial charge is 0.115 e. The topological polar surface area (TPSA) is 39.9 Å². The molecule has 23 heavy (non-hydrogen) atoms. The van der Waals surface area contributed by atoms with Crippen LogP contribution in [0.4, 0.5) is 0 Å². The van der Waals surface area contributed by atoms with Crippen molar-refractivity contribution in [2.24, 2.45) is 0 Å². The minimum atomic E-state index is 0.622. The first-order chi connectivity index (χ1) is 11.4. The molecule has 0 atom stereocenters. The van der Waals surface area contributed by atoms with Crippen molar-refractivity contribution in [1.82, 2.24) is 15.0 Å². The largest absolute Gasteiger partial charge is 0.375 e. The fraction of sp³-hybridized carbons (Fsp3) is 0.222. The van der Waals surface area contributed by atoms with Crippen molar-refractivity contribution in [3.63, 3.8) is 0 Å². The third-order valence-corrected chi connectivity index (χ3v) is 4.46. The number of hydrogen-bond donors (Lipinski definition) is 0. The molecule has 0 fully saturated rings. The number of aromatic nitrogens is 3. The first kappa shape index (κ1) is 15.8. The Morgan fingerprint density at radius 1 is 0.913 bits per heavy atom. The molecular weight excluding hydrogens is 306 g/mol. The Morgan fingerprint density at radius 2 is 1.61 bits per heavy atom. The maximum absolute atomic E-state index is 5.71. The lowest BCUT2D eigenvalue weighted by Crippen LogP contribution is -2.08. The van der Waals surface area contributed by atoms with Crippen LogP contribution in [0.1, 0.15) is 11.1 Å². The molecule has 0 aliphatic rings. The molecule has 0 amide bonds. The fourth-order valence-electron chi connectivity index (χ4n) is 2.16. The molecule has 0 spiro atoms. The van der Waals surface area contributed by atoms with Crippen molar-refractivity contribution >= 4 is 11.8 Å². The van der Waals surface area contributed by atoms with Crippen molar-refractivity contribution in [3.8, 4) is 0 Å². The van der Waals surface area contributed by atoms with E-state index in [1.165, 1.54) is 11.1 Å². The van der Waals surface area contributed by atoms with Crippen LogP contribution in [0.2, 0.25) is 0 Å². The third kappa shape index (κ3) is 4.94. The molecule has 0 aliphatic carbocycles. The molecule has 0 saturated heterocycles. The van der Waals surface area contributed by atoms with E-state index in [1.807, 2.05) is 35.1 Å². The highest BCUT2D eigenvalue weighted by Crippen LogP contribution is 2.21. The number of ether oxygens (including phenoxy) is 1. The summed E-state index contributed by atoms with van der Waals surface area (Å²) in [5.74, 6) is 0.916. The highest BCUT2D eigenvalue weighted by atomic mass is 32.2. The zero-order valence-electron chi connectivity index (χ0n) is 12.8. The number of rotatable bonds is 8. The average molecular weight is 325 g/mol. The Bertz CT molecular complexity index is 701. The number of nitrogens with zero attached hydrogens (tertiary/aromatic N) is 3. The highest BCUT2D eigenvalue weighted by molar-refractivity contribution is 7.98. The lowest BCUT2D eigenvalue weighted by atomic mass is 10.2. The standard InChI is InChI=1S/C18H19N3OS/c1-3-7-16(8-4-1)14-22-12-11-21-18(13-19-20-21)23-15-17-9-5-2-6-10-17/h1-10,13H,11-12,14-15H2. The van der Waals surface area contributed by atoms with E-state index in [4.69, 9.17) is 4.74 Å². The van der Waals surface area contributed by atoms with Gasteiger partial charge >= 0.3 is 0 Å². The Labute approximate surface area is 140 Å². The number of benzene rings is 2. The Balaban J connectivity index is 1.45. The molecular formula is C18H19N3OS. The van der Waals surface area contributed by atoms with Crippen LogP contribution in [0.5, 0.6) is 0 Å². The van der Waals surface area contributed by atoms with Crippen molar-refractivity contribution < 1.29 is 4.74 Å². The first-order valence-corrected chi connectivity index (χ1v) is 8.57. The molecule has 1 aromatic heterocycles. The summed E-state index contributed by atoms with van der Waals surface area (Å²) in [5, 5.41) is 9.21. The molecule has 2 aromatic carbocycles. The zero-order valence-corrected chi connectivity index (χ0v) is 13.7. The van der Waals surface area contributed by atoms with E-state index in [2.05, 4.69) is 46.7 Å². The second-order valence-electron chi connectivity index (χ2n) is 5.11. The molecule has 0 aliphatic heterocycles. The Morgan fingerprint density at radius 3 is 2.35 bits per heavy atom. The van der Waals surface area contributed by atoms with E-state index in [9.17, 15) is 0 Å². The van der Waals surface area contributed by atoms with Crippen molar-refractivity contribution in [2.45, 2.75) is 23.9 Å². The first-order valence-electron chi connectivity index (χ1n) is 7.59. The molecule has 0 bridgehead atoms. The number of thioether (sulfide) groups is 1. The molecule has 4 nitrogen and oxygen atoms in total. The van der Waals surface area contributed by atoms with Crippen molar-refractivity contribution in [1.29, 1.82) is 0 Å². The van der Waals surface area contributed by atoms with E-state index in [0.717, 1.165) is 10.8 Å². The van der Waals surface area contributed by atoms with Crippen LogP contribution in [0.25, 0.3) is 0 Å². The summed E-state index contributed by atoms with van der Waals surface area (Å²) < 4.78 is 7.61. The maximum Gasteiger partial charge on any atom is 0.115 e. The molecule has 0 unspecified atom stereocenters. The summed E-state index contributed by atoms with van der Waals surface area (Å²) in [4.78, 5) is 0. The normalized spacial score (nSPS) is 10.8. The molecule has 3 rings (SSSR count). The summed E-state index contributed by atoms with van der Waals surface area (Å²) >= 11 is 1.74. The fourth-order valence-corrected chi connectivity index (χ4v) is 3.07. The zero-order chi connectivity index (χ0) is 15.7. The summed E-state index contributed by atoms with van der Waals surface area (Å²) in [6.07, 6.45) is 1.81. The Kier molecular flexibility index (Phi) is 5.83. The van der Waals surface area contributed by atoms with Gasteiger partial charge in [0.2, 0.25) is 0 Å². The van der Waals surface area contributed by atoms with Crippen molar-refractivity contribution in [2.75, 3.05) is 6.61 Å². The van der Waals surface area contributed by atoms with E-state index >= 15 is 0 Å². The van der Waals surface area contributed by atoms with Crippen LogP contribution in [0.15, 0.2) is 71.9 Å². The minimum Gasteiger partial charge on any atom is -0.375 e. The van der Waals surface area contributed by atoms with Crippen LogP contribution in [-0.2, 0) is 23.6 Å². The monoisotopic (exact) mass is 325 g/mol. The van der Waals surface area contributed by atoms with Crippen molar-refractivity contribution in [3.05, 3.63) is 78.0 Å². The predicted octanol–water partition coefficient (Wildman–Crippen LogP) is 3.79. The number of hydrogen-bond acceptors (Lipinski definition) is 4. The second-order valence-corrected chi connectivity index (χ2v) is 6.10. The molecule has 118 valence electrons. The van der Waals surface area contributed by atoms with Gasteiger partial charge in [-0.05, 0) is 11.1 Å². The summed E-state index contributed by atoms with van der Waals surface area (Å²) in [6.45, 7) is 1.96. The van der Waals surface area contributed by atoms with Gasteiger partial charge in [-0.1, -0.05) is 65.9 Å². The van der Waals surface area contributed by atoms with Crippen LogP contribution in [0.3, 0.4) is 0 Å². The summed E-state index contributed by atoms with van der Waals surface area (Å²) in [6, 6.07) is 20.6.